The molecule has 0 heterocycles. The first-order valence-corrected chi connectivity index (χ1v) is 16.2. The van der Waals surface area contributed by atoms with E-state index >= 15 is 0 Å². The van der Waals surface area contributed by atoms with Crippen molar-refractivity contribution in [3.05, 3.63) is 25.3 Å². The van der Waals surface area contributed by atoms with Gasteiger partial charge in [0.05, 0.1) is 18.0 Å². The number of hydrogen-bond acceptors (Lipinski definition) is 10. The van der Waals surface area contributed by atoms with E-state index in [9.17, 15) is 19.8 Å². The second-order valence-corrected chi connectivity index (χ2v) is 13.8. The topological polar surface area (TPSA) is 130 Å². The maximum Gasteiger partial charge on any atom is 0.373 e. The smallest absolute Gasteiger partial charge is 0.373 e. The number of aliphatic hydroxyl groups is 2. The Kier molecular flexibility index (Phi) is 13.1. The van der Waals surface area contributed by atoms with Gasteiger partial charge in [0.25, 0.3) is 0 Å². The van der Waals surface area contributed by atoms with Crippen LogP contribution in [0.15, 0.2) is 25.3 Å². The van der Waals surface area contributed by atoms with Crippen molar-refractivity contribution in [2.45, 2.75) is 91.6 Å². The molecule has 42 heavy (non-hydrogen) atoms. The third-order valence-corrected chi connectivity index (χ3v) is 11.8. The van der Waals surface area contributed by atoms with Crippen LogP contribution in [-0.2, 0) is 28.7 Å². The molecule has 9 nitrogen and oxygen atoms in total. The van der Waals surface area contributed by atoms with Crippen molar-refractivity contribution in [1.29, 1.82) is 0 Å². The molecule has 3 rings (SSSR count). The highest BCUT2D eigenvalue weighted by molar-refractivity contribution is 7.99. The van der Waals surface area contributed by atoms with E-state index < -0.39 is 46.6 Å². The Hall–Kier alpha value is -1.97. The predicted molar refractivity (Wildman–Crippen MR) is 161 cm³/mol. The Morgan fingerprint density at radius 3 is 2.26 bits per heavy atom. The van der Waals surface area contributed by atoms with E-state index in [0.29, 0.717) is 12.8 Å². The molecule has 3 aliphatic carbocycles. The molecule has 2 N–H and O–H groups in total. The number of ether oxygens (including phenoxy) is 2. The van der Waals surface area contributed by atoms with Gasteiger partial charge in [0.15, 0.2) is 0 Å². The van der Waals surface area contributed by atoms with Crippen molar-refractivity contribution in [3.8, 4) is 0 Å². The monoisotopic (exact) mass is 609 g/mol. The minimum absolute atomic E-state index is 0.142. The predicted octanol–water partition coefficient (Wildman–Crippen LogP) is 3.88. The minimum Gasteiger partial charge on any atom is -0.461 e. The van der Waals surface area contributed by atoms with Crippen molar-refractivity contribution in [1.82, 2.24) is 4.90 Å². The van der Waals surface area contributed by atoms with E-state index in [-0.39, 0.29) is 35.6 Å². The number of hydrogen-bond donors (Lipinski definition) is 2. The average Bonchev–Trinajstić information content (AvgIpc) is 3.26. The molecular weight excluding hydrogens is 558 g/mol. The quantitative estimate of drug-likeness (QED) is 0.154. The minimum atomic E-state index is -0.936. The van der Waals surface area contributed by atoms with Gasteiger partial charge in [-0.1, -0.05) is 54.2 Å². The fraction of sp³-hybridized carbons (Fsp3) is 0.781. The molecule has 0 amide bonds. The van der Waals surface area contributed by atoms with E-state index in [1.54, 1.807) is 17.8 Å². The zero-order valence-corrected chi connectivity index (χ0v) is 27.0. The molecule has 0 radical (unpaired) electrons. The molecule has 2 bridgehead atoms. The summed E-state index contributed by atoms with van der Waals surface area (Å²) in [5.74, 6) is -0.100. The first-order chi connectivity index (χ1) is 19.8. The molecule has 10 heteroatoms. The maximum atomic E-state index is 13.3. The maximum absolute atomic E-state index is 13.3. The Balaban J connectivity index is 0.00000197. The molecule has 3 saturated carbocycles. The SMILES string of the molecule is C=CC(=O)OC1C[C@]23CC[C@@H](C)[C@](C)([C@@H]2C1O)[C@H](OC(=O)CSCCN(CC)CC)C[C@@](C)(C=C)[C@@H](O)[C@@H]3C.O=C=O. The van der Waals surface area contributed by atoms with E-state index in [1.807, 2.05) is 6.92 Å². The highest BCUT2D eigenvalue weighted by Gasteiger charge is 2.70. The molecule has 2 unspecified atom stereocenters. The second kappa shape index (κ2) is 15.2. The summed E-state index contributed by atoms with van der Waals surface area (Å²) in [4.78, 5) is 44.1. The van der Waals surface area contributed by atoms with Crippen LogP contribution in [0, 0.1) is 34.0 Å². The molecule has 0 spiro atoms. The summed E-state index contributed by atoms with van der Waals surface area (Å²) in [7, 11) is 0. The number of carbonyl (C=O) groups excluding carboxylic acids is 4. The van der Waals surface area contributed by atoms with Crippen LogP contribution in [0.25, 0.3) is 0 Å². The summed E-state index contributed by atoms with van der Waals surface area (Å²) in [6, 6.07) is 0. The van der Waals surface area contributed by atoms with Gasteiger partial charge in [-0.05, 0) is 56.0 Å². The van der Waals surface area contributed by atoms with E-state index in [4.69, 9.17) is 19.1 Å². The van der Waals surface area contributed by atoms with Gasteiger partial charge in [-0.25, -0.2) is 4.79 Å². The van der Waals surface area contributed by atoms with Crippen molar-refractivity contribution in [2.24, 2.45) is 34.0 Å². The standard InChI is InChI=1S/C31H51NO6S.CO2/c1-9-24(33)37-22-17-31-14-13-20(5)30(8,27(31)26(22)35)23(18-29(7,10-2)28(36)21(31)6)38-25(34)19-39-16-15-32(11-3)12-4;2-1-3/h9-10,20-23,26-28,35-36H,1-2,11-19H2,3-8H3;/t20-,21+,22?,23-,26?,27+,28+,29-,30+,31+;/m1./s1. The van der Waals surface area contributed by atoms with Crippen molar-refractivity contribution >= 4 is 29.9 Å². The van der Waals surface area contributed by atoms with Gasteiger partial charge >= 0.3 is 18.1 Å². The molecule has 3 fully saturated rings. The molecule has 238 valence electrons. The van der Waals surface area contributed by atoms with E-state index in [0.717, 1.165) is 44.3 Å². The van der Waals surface area contributed by atoms with Crippen molar-refractivity contribution in [2.75, 3.05) is 31.1 Å². The fourth-order valence-corrected chi connectivity index (χ4v) is 8.89. The Bertz CT molecular complexity index is 997. The molecule has 0 saturated heterocycles. The normalized spacial score (nSPS) is 38.9. The zero-order valence-electron chi connectivity index (χ0n) is 26.2. The number of carbonyl (C=O) groups is 2. The fourth-order valence-electron chi connectivity index (χ4n) is 8.13. The Labute approximate surface area is 255 Å². The van der Waals surface area contributed by atoms with E-state index in [1.165, 1.54) is 0 Å². The van der Waals surface area contributed by atoms with Gasteiger partial charge in [-0.2, -0.15) is 9.59 Å². The lowest BCUT2D eigenvalue weighted by atomic mass is 9.43. The van der Waals surface area contributed by atoms with Crippen LogP contribution in [-0.4, -0.2) is 88.8 Å². The highest BCUT2D eigenvalue weighted by Crippen LogP contribution is 2.69. The number of rotatable bonds is 11. The largest absolute Gasteiger partial charge is 0.461 e. The lowest BCUT2D eigenvalue weighted by Crippen LogP contribution is -2.63. The second-order valence-electron chi connectivity index (χ2n) is 12.7. The summed E-state index contributed by atoms with van der Waals surface area (Å²) in [5.41, 5.74) is -1.77. The number of nitrogens with zero attached hydrogens (tertiary/aromatic N) is 1. The number of thioether (sulfide) groups is 1. The molecule has 0 aromatic rings. The number of esters is 2. The van der Waals surface area contributed by atoms with E-state index in [2.05, 4.69) is 52.7 Å². The summed E-state index contributed by atoms with van der Waals surface area (Å²) in [6.07, 6.45) is 2.75. The van der Waals surface area contributed by atoms with Gasteiger partial charge in [0.2, 0.25) is 0 Å². The summed E-state index contributed by atoms with van der Waals surface area (Å²) >= 11 is 1.57. The Morgan fingerprint density at radius 1 is 1.10 bits per heavy atom. The summed E-state index contributed by atoms with van der Waals surface area (Å²) in [5, 5.41) is 23.6. The number of aliphatic hydroxyl groups excluding tert-OH is 2. The van der Waals surface area contributed by atoms with Crippen LogP contribution in [0.5, 0.6) is 0 Å². The van der Waals surface area contributed by atoms with Gasteiger partial charge in [0, 0.05) is 35.1 Å². The van der Waals surface area contributed by atoms with Gasteiger partial charge in [-0.3, -0.25) is 4.79 Å². The first kappa shape index (κ1) is 36.2. The molecule has 0 aromatic carbocycles. The zero-order chi connectivity index (χ0) is 31.9. The van der Waals surface area contributed by atoms with Crippen molar-refractivity contribution < 1.29 is 38.9 Å². The molecular formula is C32H51NO8S. The lowest BCUT2D eigenvalue weighted by molar-refractivity contribution is -0.218. The third kappa shape index (κ3) is 7.05. The molecule has 0 aliphatic heterocycles. The molecule has 10 atom stereocenters. The third-order valence-electron chi connectivity index (χ3n) is 10.9. The highest BCUT2D eigenvalue weighted by atomic mass is 32.2. The van der Waals surface area contributed by atoms with Crippen LogP contribution in [0.1, 0.15) is 67.2 Å². The Morgan fingerprint density at radius 2 is 1.71 bits per heavy atom. The van der Waals surface area contributed by atoms with Crippen LogP contribution in [0.2, 0.25) is 0 Å². The summed E-state index contributed by atoms with van der Waals surface area (Å²) < 4.78 is 12.0. The van der Waals surface area contributed by atoms with Crippen LogP contribution >= 0.6 is 11.8 Å². The van der Waals surface area contributed by atoms with Crippen LogP contribution < -0.4 is 0 Å². The van der Waals surface area contributed by atoms with Gasteiger partial charge in [-0.15, -0.1) is 18.3 Å². The van der Waals surface area contributed by atoms with Crippen molar-refractivity contribution in [3.63, 3.8) is 0 Å². The van der Waals surface area contributed by atoms with Crippen LogP contribution in [0.3, 0.4) is 0 Å². The summed E-state index contributed by atoms with van der Waals surface area (Å²) in [6.45, 7) is 23.1. The molecule has 3 aliphatic rings. The average molecular weight is 610 g/mol. The van der Waals surface area contributed by atoms with Gasteiger partial charge < -0.3 is 24.6 Å². The van der Waals surface area contributed by atoms with Crippen LogP contribution in [0.4, 0.5) is 0 Å². The lowest BCUT2D eigenvalue weighted by Gasteiger charge is -2.62. The molecule has 0 aromatic heterocycles. The van der Waals surface area contributed by atoms with Gasteiger partial charge in [0.1, 0.15) is 12.2 Å². The first-order valence-electron chi connectivity index (χ1n) is 15.1.